The van der Waals surface area contributed by atoms with Crippen LogP contribution in [0, 0.1) is 11.0 Å². The van der Waals surface area contributed by atoms with Gasteiger partial charge in [-0.15, -0.1) is 0 Å². The molecule has 0 amide bonds. The summed E-state index contributed by atoms with van der Waals surface area (Å²) in [5, 5.41) is 4.19. The van der Waals surface area contributed by atoms with E-state index >= 15 is 0 Å². The molecule has 0 bridgehead atoms. The first kappa shape index (κ1) is 28.8. The van der Waals surface area contributed by atoms with Crippen molar-refractivity contribution < 1.29 is 28.8 Å². The topological polar surface area (TPSA) is 233 Å². The summed E-state index contributed by atoms with van der Waals surface area (Å²) in [6, 6.07) is 26.9. The largest absolute Gasteiger partial charge is 0.316 e. The van der Waals surface area contributed by atoms with Crippen molar-refractivity contribution in [3.63, 3.8) is 0 Å². The van der Waals surface area contributed by atoms with Gasteiger partial charge >= 0.3 is 0 Å². The lowest BCUT2D eigenvalue weighted by Crippen LogP contribution is -2.53. The molecule has 14 heteroatoms. The predicted octanol–water partition coefficient (Wildman–Crippen LogP) is 5.04. The Labute approximate surface area is 267 Å². The van der Waals surface area contributed by atoms with E-state index in [4.69, 9.17) is 14.3 Å². The summed E-state index contributed by atoms with van der Waals surface area (Å²) in [4.78, 5) is 0. The van der Waals surface area contributed by atoms with E-state index in [9.17, 15) is 25.9 Å². The fraction of sp³-hybridized carbons (Fsp3) is 0.125. The van der Waals surface area contributed by atoms with Crippen LogP contribution in [0.5, 0.6) is 0 Å². The predicted molar refractivity (Wildman–Crippen MR) is 172 cm³/mol. The Hall–Kier alpha value is -4.70. The Bertz CT molecular complexity index is 2100. The summed E-state index contributed by atoms with van der Waals surface area (Å²) in [6.45, 7) is 0. The number of hydrogen-bond acceptors (Lipinski definition) is 10. The van der Waals surface area contributed by atoms with Gasteiger partial charge in [0.25, 0.3) is 20.2 Å². The highest BCUT2D eigenvalue weighted by molar-refractivity contribution is 7.87. The van der Waals surface area contributed by atoms with Gasteiger partial charge in [-0.3, -0.25) is 9.11 Å². The quantitative estimate of drug-likeness (QED) is 0.116. The van der Waals surface area contributed by atoms with Gasteiger partial charge in [-0.05, 0) is 45.5 Å². The van der Waals surface area contributed by atoms with E-state index in [0.717, 1.165) is 0 Å². The molecule has 46 heavy (non-hydrogen) atoms. The molecular weight excluding hydrogens is 629 g/mol. The van der Waals surface area contributed by atoms with Gasteiger partial charge in [0.2, 0.25) is 2.82 Å². The molecule has 0 saturated heterocycles. The zero-order valence-corrected chi connectivity index (χ0v) is 25.5. The van der Waals surface area contributed by atoms with Crippen LogP contribution in [0.2, 0.25) is 2.82 Å². The maximum atomic E-state index is 12.7. The van der Waals surface area contributed by atoms with Crippen LogP contribution in [0.15, 0.2) is 119 Å². The van der Waals surface area contributed by atoms with E-state index in [2.05, 4.69) is 21.3 Å². The van der Waals surface area contributed by atoms with Crippen molar-refractivity contribution in [2.75, 3.05) is 0 Å². The van der Waals surface area contributed by atoms with Gasteiger partial charge < -0.3 is 11.5 Å². The lowest BCUT2D eigenvalue weighted by atomic mass is 9.74. The van der Waals surface area contributed by atoms with Crippen molar-refractivity contribution >= 4 is 31.6 Å². The number of fused-ring (bicyclic) bond motifs is 2. The Morgan fingerprint density at radius 2 is 0.957 bits per heavy atom. The third-order valence-corrected chi connectivity index (χ3v) is 11.0. The highest BCUT2D eigenvalue weighted by atomic mass is 32.2. The fourth-order valence-electron chi connectivity index (χ4n) is 6.50. The lowest BCUT2D eigenvalue weighted by Gasteiger charge is -2.39. The summed E-state index contributed by atoms with van der Waals surface area (Å²) in [5.41, 5.74) is 20.4. The van der Waals surface area contributed by atoms with Crippen molar-refractivity contribution in [3.05, 3.63) is 143 Å². The molecule has 4 aromatic rings. The highest BCUT2D eigenvalue weighted by Crippen LogP contribution is 2.45. The van der Waals surface area contributed by atoms with Crippen molar-refractivity contribution in [1.29, 1.82) is 11.0 Å². The molecule has 6 rings (SSSR count). The highest BCUT2D eigenvalue weighted by Gasteiger charge is 2.50. The first-order valence-electron chi connectivity index (χ1n) is 14.7. The second kappa shape index (κ2) is 11.0. The minimum Gasteiger partial charge on any atom is -0.316 e. The van der Waals surface area contributed by atoms with Gasteiger partial charge in [-0.1, -0.05) is 97.1 Å². The number of benzene rings is 4. The molecule has 12 nitrogen and oxygen atoms in total. The van der Waals surface area contributed by atoms with Crippen LogP contribution in [-0.4, -0.2) is 36.4 Å². The minimum atomic E-state index is -4.76. The van der Waals surface area contributed by atoms with Crippen LogP contribution < -0.4 is 11.5 Å². The molecule has 0 aliphatic heterocycles. The molecule has 0 aromatic heterocycles. The normalized spacial score (nSPS) is 25.3. The Kier molecular flexibility index (Phi) is 6.86. The van der Waals surface area contributed by atoms with Crippen molar-refractivity contribution in [2.24, 2.45) is 21.7 Å². The van der Waals surface area contributed by atoms with E-state index in [1.165, 1.54) is 12.2 Å². The van der Waals surface area contributed by atoms with Crippen LogP contribution in [-0.2, 0) is 31.3 Å². The van der Waals surface area contributed by atoms with Crippen LogP contribution in [0.4, 0.5) is 0 Å². The molecule has 2 aliphatic carbocycles. The molecule has 4 atom stereocenters. The van der Waals surface area contributed by atoms with Crippen LogP contribution in [0.25, 0.3) is 22.5 Å². The zero-order chi connectivity index (χ0) is 34.5. The maximum absolute atomic E-state index is 12.7. The SMILES string of the molecule is [H]/N=N/C1=CC(S(=O)(=O)O)C(N)(c2ccc(-c3ccc(C4(N)c5ccccc5C(/N=N/[H])=CC4S(=O)(=O)O)cc3)cc2)c2ccccc21. The molecular formula is C32H28N6O6S2. The first-order valence-corrected chi connectivity index (χ1v) is 16.8. The molecule has 0 radical (unpaired) electrons. The molecule has 234 valence electrons. The number of nitrogens with one attached hydrogen (secondary N) is 2. The Morgan fingerprint density at radius 1 is 0.609 bits per heavy atom. The summed E-state index contributed by atoms with van der Waals surface area (Å²) in [5.74, 6) is 0. The van der Waals surface area contributed by atoms with Crippen LogP contribution >= 0.6 is 0 Å². The zero-order valence-electron chi connectivity index (χ0n) is 25.8. The molecule has 8 N–H and O–H groups in total. The van der Waals surface area contributed by atoms with Gasteiger partial charge in [-0.2, -0.15) is 27.1 Å². The Balaban J connectivity index is 1.41. The van der Waals surface area contributed by atoms with Crippen molar-refractivity contribution in [2.45, 2.75) is 21.6 Å². The van der Waals surface area contributed by atoms with Gasteiger partial charge in [-0.25, -0.2) is 11.0 Å². The lowest BCUT2D eigenvalue weighted by molar-refractivity contribution is 0.436. The minimum absolute atomic E-state index is 0.0861. The first-order chi connectivity index (χ1) is 22.7. The van der Waals surface area contributed by atoms with Crippen LogP contribution in [0.3, 0.4) is 0 Å². The molecule has 0 heterocycles. The van der Waals surface area contributed by atoms with E-state index in [1.807, 2.05) is 0 Å². The van der Waals surface area contributed by atoms with Gasteiger partial charge in [0.15, 0.2) is 0 Å². The van der Waals surface area contributed by atoms with E-state index in [-0.39, 0.29) is 11.4 Å². The number of rotatable bonds is 7. The van der Waals surface area contributed by atoms with E-state index in [0.29, 0.717) is 44.5 Å². The van der Waals surface area contributed by atoms with Gasteiger partial charge in [0.05, 0.1) is 22.5 Å². The molecule has 4 unspecified atom stereocenters. The fourth-order valence-corrected chi connectivity index (χ4v) is 8.57. The average Bonchev–Trinajstić information content (AvgIpc) is 3.06. The second-order valence-corrected chi connectivity index (χ2v) is 14.2. The molecule has 4 aromatic carbocycles. The standard InChI is InChI=1S/C32H28N6O6S2/c33-31(25-7-3-1-5-23(25)27(37-35)17-29(31)45(39,40)41)21-13-9-19(10-14-21)20-11-15-22(16-12-20)32(34)26-8-4-2-6-24(26)28(38-36)18-30(32)46(42,43)44/h1-18,29-30,35-36H,33-34H2,(H,39,40,41)(H,42,43,44)/b37-35+,38-36+. The maximum Gasteiger partial charge on any atom is 0.274 e. The summed E-state index contributed by atoms with van der Waals surface area (Å²) in [6.07, 6.45) is 2.37. The summed E-state index contributed by atoms with van der Waals surface area (Å²) < 4.78 is 85.4. The third kappa shape index (κ3) is 4.83. The summed E-state index contributed by atoms with van der Waals surface area (Å²) in [7, 11) is -9.53. The average molecular weight is 657 g/mol. The van der Waals surface area contributed by atoms with Crippen molar-refractivity contribution in [1.82, 2.24) is 0 Å². The molecule has 2 aliphatic rings. The monoisotopic (exact) mass is 656 g/mol. The molecule has 0 saturated carbocycles. The van der Waals surface area contributed by atoms with E-state index in [1.54, 1.807) is 97.1 Å². The Morgan fingerprint density at radius 3 is 1.28 bits per heavy atom. The number of nitrogens with two attached hydrogens (primary N) is 2. The molecule has 0 fully saturated rings. The smallest absolute Gasteiger partial charge is 0.274 e. The second-order valence-electron chi connectivity index (χ2n) is 11.2. The summed E-state index contributed by atoms with van der Waals surface area (Å²) >= 11 is 0. The van der Waals surface area contributed by atoms with Crippen LogP contribution in [0.1, 0.15) is 33.4 Å². The van der Waals surface area contributed by atoms with Crippen molar-refractivity contribution in [3.8, 4) is 11.1 Å². The van der Waals surface area contributed by atoms with Gasteiger partial charge in [0, 0.05) is 11.1 Å². The third-order valence-electron chi connectivity index (χ3n) is 8.73. The number of hydrogen-bond donors (Lipinski definition) is 6. The number of nitrogens with zero attached hydrogens (tertiary/aromatic N) is 2. The van der Waals surface area contributed by atoms with E-state index < -0.39 is 41.8 Å². The molecule has 0 spiro atoms. The van der Waals surface area contributed by atoms with Gasteiger partial charge in [0.1, 0.15) is 10.5 Å².